The number of aromatic amines is 1. The van der Waals surface area contributed by atoms with Crippen molar-refractivity contribution in [2.24, 2.45) is 5.14 Å². The van der Waals surface area contributed by atoms with Gasteiger partial charge in [-0.1, -0.05) is 30.3 Å². The number of nitrogens with two attached hydrogens (primary N) is 1. The van der Waals surface area contributed by atoms with Crippen molar-refractivity contribution >= 4 is 20.9 Å². The van der Waals surface area contributed by atoms with Gasteiger partial charge < -0.3 is 10.3 Å². The summed E-state index contributed by atoms with van der Waals surface area (Å²) in [5.41, 5.74) is 3.47. The Hall–Kier alpha value is -2.15. The van der Waals surface area contributed by atoms with E-state index in [0.717, 1.165) is 24.0 Å². The Labute approximate surface area is 141 Å². The smallest absolute Gasteiger partial charge is 0.238 e. The average molecular weight is 343 g/mol. The van der Waals surface area contributed by atoms with Gasteiger partial charge in [0.05, 0.1) is 4.90 Å². The number of primary sulfonamides is 1. The first kappa shape index (κ1) is 16.7. The fourth-order valence-electron chi connectivity index (χ4n) is 2.83. The van der Waals surface area contributed by atoms with Crippen molar-refractivity contribution in [3.8, 4) is 0 Å². The first-order valence-electron chi connectivity index (χ1n) is 7.86. The summed E-state index contributed by atoms with van der Waals surface area (Å²) in [5, 5.41) is 9.84. The number of H-pyrrole nitrogens is 1. The molecule has 1 heterocycles. The number of sulfonamides is 1. The van der Waals surface area contributed by atoms with Gasteiger partial charge >= 0.3 is 0 Å². The van der Waals surface area contributed by atoms with E-state index in [2.05, 4.69) is 35.6 Å². The second kappa shape index (κ2) is 6.76. The Morgan fingerprint density at radius 3 is 2.54 bits per heavy atom. The molecule has 5 nitrogen and oxygen atoms in total. The molecule has 0 amide bonds. The molecule has 126 valence electrons. The van der Waals surface area contributed by atoms with Gasteiger partial charge in [0.1, 0.15) is 0 Å². The molecule has 0 spiro atoms. The number of aromatic nitrogens is 1. The number of para-hydroxylation sites is 1. The normalized spacial score (nSPS) is 13.2. The number of hydrogen-bond donors (Lipinski definition) is 3. The van der Waals surface area contributed by atoms with E-state index in [1.807, 2.05) is 12.1 Å². The van der Waals surface area contributed by atoms with Crippen molar-refractivity contribution in [3.05, 3.63) is 65.9 Å². The van der Waals surface area contributed by atoms with E-state index in [1.165, 1.54) is 10.9 Å². The van der Waals surface area contributed by atoms with Crippen molar-refractivity contribution in [1.29, 1.82) is 0 Å². The lowest BCUT2D eigenvalue weighted by atomic mass is 10.1. The summed E-state index contributed by atoms with van der Waals surface area (Å²) in [6, 6.07) is 15.1. The van der Waals surface area contributed by atoms with Crippen LogP contribution in [-0.4, -0.2) is 19.9 Å². The highest BCUT2D eigenvalue weighted by molar-refractivity contribution is 7.89. The van der Waals surface area contributed by atoms with Crippen LogP contribution in [0.3, 0.4) is 0 Å². The maximum atomic E-state index is 11.3. The van der Waals surface area contributed by atoms with Gasteiger partial charge in [0.2, 0.25) is 10.0 Å². The van der Waals surface area contributed by atoms with Gasteiger partial charge in [0.25, 0.3) is 0 Å². The summed E-state index contributed by atoms with van der Waals surface area (Å²) in [7, 11) is -3.64. The molecule has 3 aromatic rings. The third kappa shape index (κ3) is 3.67. The third-order valence-corrected chi connectivity index (χ3v) is 5.16. The number of fused-ring (bicyclic) bond motifs is 1. The molecule has 0 aliphatic rings. The molecule has 3 rings (SSSR count). The third-order valence-electron chi connectivity index (χ3n) is 4.23. The van der Waals surface area contributed by atoms with Crippen LogP contribution in [0.25, 0.3) is 10.9 Å². The SMILES string of the molecule is CC(NCCc1c[nH]c2ccccc12)c1ccc(S(N)(=O)=O)cc1. The second-order valence-corrected chi connectivity index (χ2v) is 7.46. The van der Waals surface area contributed by atoms with Crippen molar-refractivity contribution in [3.63, 3.8) is 0 Å². The standard InChI is InChI=1S/C18H21N3O2S/c1-13(14-6-8-16(9-7-14)24(19,22)23)20-11-10-15-12-21-18-5-3-2-4-17(15)18/h2-9,12-13,20-21H,10-11H2,1H3,(H2,19,22,23). The van der Waals surface area contributed by atoms with Gasteiger partial charge in [-0.2, -0.15) is 0 Å². The fourth-order valence-corrected chi connectivity index (χ4v) is 3.34. The van der Waals surface area contributed by atoms with E-state index in [4.69, 9.17) is 5.14 Å². The Balaban J connectivity index is 1.60. The summed E-state index contributed by atoms with van der Waals surface area (Å²) in [6.45, 7) is 2.89. The van der Waals surface area contributed by atoms with Crippen LogP contribution in [0.2, 0.25) is 0 Å². The molecule has 0 fully saturated rings. The highest BCUT2D eigenvalue weighted by Crippen LogP contribution is 2.19. The van der Waals surface area contributed by atoms with E-state index < -0.39 is 10.0 Å². The summed E-state index contributed by atoms with van der Waals surface area (Å²) in [6.07, 6.45) is 2.97. The second-order valence-electron chi connectivity index (χ2n) is 5.90. The molecular weight excluding hydrogens is 322 g/mol. The zero-order valence-electron chi connectivity index (χ0n) is 13.5. The lowest BCUT2D eigenvalue weighted by molar-refractivity contribution is 0.576. The minimum absolute atomic E-state index is 0.129. The number of benzene rings is 2. The van der Waals surface area contributed by atoms with Crippen LogP contribution in [0, 0.1) is 0 Å². The maximum Gasteiger partial charge on any atom is 0.238 e. The first-order valence-corrected chi connectivity index (χ1v) is 9.41. The number of nitrogens with one attached hydrogen (secondary N) is 2. The molecule has 1 unspecified atom stereocenters. The summed E-state index contributed by atoms with van der Waals surface area (Å²) in [5.74, 6) is 0. The fraction of sp³-hybridized carbons (Fsp3) is 0.222. The largest absolute Gasteiger partial charge is 0.361 e. The predicted molar refractivity (Wildman–Crippen MR) is 96.2 cm³/mol. The molecule has 0 radical (unpaired) electrons. The van der Waals surface area contributed by atoms with Crippen LogP contribution in [0.15, 0.2) is 59.6 Å². The van der Waals surface area contributed by atoms with Gasteiger partial charge in [-0.05, 0) is 49.2 Å². The molecule has 0 saturated carbocycles. The van der Waals surface area contributed by atoms with E-state index in [0.29, 0.717) is 0 Å². The molecule has 6 heteroatoms. The van der Waals surface area contributed by atoms with Crippen LogP contribution in [0.1, 0.15) is 24.1 Å². The summed E-state index contributed by atoms with van der Waals surface area (Å²) < 4.78 is 22.6. The Bertz CT molecular complexity index is 930. The van der Waals surface area contributed by atoms with Gasteiger partial charge in [-0.3, -0.25) is 0 Å². The molecule has 4 N–H and O–H groups in total. The lowest BCUT2D eigenvalue weighted by Gasteiger charge is -2.14. The average Bonchev–Trinajstić information content (AvgIpc) is 2.97. The van der Waals surface area contributed by atoms with Gasteiger partial charge in [-0.15, -0.1) is 0 Å². The van der Waals surface area contributed by atoms with Gasteiger partial charge in [0.15, 0.2) is 0 Å². The molecule has 0 saturated heterocycles. The molecule has 1 atom stereocenters. The van der Waals surface area contributed by atoms with Gasteiger partial charge in [-0.25, -0.2) is 13.6 Å². The maximum absolute atomic E-state index is 11.3. The molecule has 2 aromatic carbocycles. The van der Waals surface area contributed by atoms with Crippen molar-refractivity contribution in [2.75, 3.05) is 6.54 Å². The molecule has 1 aromatic heterocycles. The van der Waals surface area contributed by atoms with Gasteiger partial charge in [0, 0.05) is 23.1 Å². The Kier molecular flexibility index (Phi) is 4.71. The molecule has 24 heavy (non-hydrogen) atoms. The van der Waals surface area contributed by atoms with E-state index in [-0.39, 0.29) is 10.9 Å². The Morgan fingerprint density at radius 2 is 1.83 bits per heavy atom. The summed E-state index contributed by atoms with van der Waals surface area (Å²) >= 11 is 0. The zero-order chi connectivity index (χ0) is 17.2. The van der Waals surface area contributed by atoms with Crippen LogP contribution in [-0.2, 0) is 16.4 Å². The predicted octanol–water partition coefficient (Wildman–Crippen LogP) is 2.71. The molecule has 0 bridgehead atoms. The topological polar surface area (TPSA) is 88.0 Å². The molecule has 0 aliphatic heterocycles. The van der Waals surface area contributed by atoms with E-state index >= 15 is 0 Å². The van der Waals surface area contributed by atoms with Crippen molar-refractivity contribution in [1.82, 2.24) is 10.3 Å². The quantitative estimate of drug-likeness (QED) is 0.643. The first-order chi connectivity index (χ1) is 11.4. The highest BCUT2D eigenvalue weighted by Gasteiger charge is 2.10. The minimum Gasteiger partial charge on any atom is -0.361 e. The van der Waals surface area contributed by atoms with Crippen LogP contribution >= 0.6 is 0 Å². The van der Waals surface area contributed by atoms with Crippen LogP contribution in [0.5, 0.6) is 0 Å². The number of rotatable bonds is 6. The lowest BCUT2D eigenvalue weighted by Crippen LogP contribution is -2.21. The van der Waals surface area contributed by atoms with Crippen molar-refractivity contribution in [2.45, 2.75) is 24.3 Å². The highest BCUT2D eigenvalue weighted by atomic mass is 32.2. The monoisotopic (exact) mass is 343 g/mol. The minimum atomic E-state index is -3.64. The van der Waals surface area contributed by atoms with Crippen molar-refractivity contribution < 1.29 is 8.42 Å². The van der Waals surface area contributed by atoms with E-state index in [1.54, 1.807) is 24.3 Å². The van der Waals surface area contributed by atoms with Crippen LogP contribution in [0.4, 0.5) is 0 Å². The Morgan fingerprint density at radius 1 is 1.12 bits per heavy atom. The van der Waals surface area contributed by atoms with Crippen LogP contribution < -0.4 is 10.5 Å². The number of hydrogen-bond acceptors (Lipinski definition) is 3. The molecule has 0 aliphatic carbocycles. The summed E-state index contributed by atoms with van der Waals surface area (Å²) in [4.78, 5) is 3.42. The zero-order valence-corrected chi connectivity index (χ0v) is 14.3. The molecular formula is C18H21N3O2S. The van der Waals surface area contributed by atoms with E-state index in [9.17, 15) is 8.42 Å².